The molecule has 0 bridgehead atoms. The zero-order chi connectivity index (χ0) is 20.2. The van der Waals surface area contributed by atoms with Crippen molar-refractivity contribution >= 4 is 11.5 Å². The minimum Gasteiger partial charge on any atom is -0.382 e. The highest BCUT2D eigenvalue weighted by molar-refractivity contribution is 6.41. The lowest BCUT2D eigenvalue weighted by Gasteiger charge is -2.44. The van der Waals surface area contributed by atoms with Crippen LogP contribution < -0.4 is 5.73 Å². The Balaban J connectivity index is 1.82. The van der Waals surface area contributed by atoms with E-state index in [0.29, 0.717) is 11.9 Å². The average Bonchev–Trinajstić information content (AvgIpc) is 3.08. The third-order valence-electron chi connectivity index (χ3n) is 6.54. The number of nitrogens with zero attached hydrogens (tertiary/aromatic N) is 2. The monoisotopic (exact) mass is 377 g/mol. The van der Waals surface area contributed by atoms with E-state index >= 15 is 0 Å². The quantitative estimate of drug-likeness (QED) is 0.746. The van der Waals surface area contributed by atoms with E-state index in [4.69, 9.17) is 20.5 Å². The first-order valence-electron chi connectivity index (χ1n) is 10.3. The van der Waals surface area contributed by atoms with Crippen LogP contribution in [0, 0.1) is 22.7 Å². The molecule has 0 radical (unpaired) electrons. The molecule has 2 aliphatic carbocycles. The second-order valence-corrected chi connectivity index (χ2v) is 9.63. The van der Waals surface area contributed by atoms with Crippen LogP contribution in [0.15, 0.2) is 28.2 Å². The summed E-state index contributed by atoms with van der Waals surface area (Å²) in [7, 11) is 1.82. The maximum Gasteiger partial charge on any atom is 0.184 e. The Morgan fingerprint density at radius 3 is 2.46 bits per heavy atom. The fourth-order valence-corrected chi connectivity index (χ4v) is 5.01. The zero-order valence-electron chi connectivity index (χ0n) is 17.7. The smallest absolute Gasteiger partial charge is 0.184 e. The zero-order valence-corrected chi connectivity index (χ0v) is 17.7. The van der Waals surface area contributed by atoms with Crippen LogP contribution in [0.5, 0.6) is 0 Å². The van der Waals surface area contributed by atoms with Gasteiger partial charge in [0.05, 0.1) is 11.8 Å². The van der Waals surface area contributed by atoms with Crippen LogP contribution in [-0.4, -0.2) is 24.8 Å². The minimum absolute atomic E-state index is 0.0111. The van der Waals surface area contributed by atoms with Gasteiger partial charge in [-0.15, -0.1) is 0 Å². The Morgan fingerprint density at radius 2 is 1.89 bits per heavy atom. The van der Waals surface area contributed by atoms with E-state index in [1.807, 2.05) is 14.0 Å². The van der Waals surface area contributed by atoms with Gasteiger partial charge in [-0.05, 0) is 77.5 Å². The topological polar surface area (TPSA) is 60.0 Å². The number of nitrogens with two attached hydrogens (primary N) is 1. The van der Waals surface area contributed by atoms with Crippen molar-refractivity contribution in [3.8, 4) is 11.8 Å². The van der Waals surface area contributed by atoms with Crippen molar-refractivity contribution < 1.29 is 4.74 Å². The van der Waals surface area contributed by atoms with Crippen molar-refractivity contribution in [2.45, 2.75) is 71.6 Å². The maximum absolute atomic E-state index is 6.25. The van der Waals surface area contributed by atoms with Crippen LogP contribution in [-0.2, 0) is 16.8 Å². The largest absolute Gasteiger partial charge is 0.382 e. The summed E-state index contributed by atoms with van der Waals surface area (Å²) in [6, 6.07) is 6.59. The number of aliphatic imine (C=N–C) groups is 2. The number of amidine groups is 1. The van der Waals surface area contributed by atoms with Crippen molar-refractivity contribution in [1.82, 2.24) is 0 Å². The Hall–Kier alpha value is -2.12. The van der Waals surface area contributed by atoms with Gasteiger partial charge in [0, 0.05) is 29.1 Å². The van der Waals surface area contributed by atoms with E-state index in [-0.39, 0.29) is 10.8 Å². The molecule has 1 atom stereocenters. The summed E-state index contributed by atoms with van der Waals surface area (Å²) in [5, 5.41) is 0. The molecular formula is C24H31N3O. The molecule has 148 valence electrons. The Kier molecular flexibility index (Phi) is 4.43. The van der Waals surface area contributed by atoms with Crippen molar-refractivity contribution in [1.29, 1.82) is 0 Å². The first kappa shape index (κ1) is 19.2. The molecule has 3 aliphatic rings. The fourth-order valence-electron chi connectivity index (χ4n) is 5.01. The summed E-state index contributed by atoms with van der Waals surface area (Å²) >= 11 is 0. The van der Waals surface area contributed by atoms with Gasteiger partial charge in [0.15, 0.2) is 5.66 Å². The lowest BCUT2D eigenvalue weighted by Crippen LogP contribution is -2.43. The van der Waals surface area contributed by atoms with Gasteiger partial charge in [-0.25, -0.2) is 4.99 Å². The third-order valence-corrected chi connectivity index (χ3v) is 6.54. The van der Waals surface area contributed by atoms with Gasteiger partial charge in [0.25, 0.3) is 0 Å². The van der Waals surface area contributed by atoms with Crippen molar-refractivity contribution in [2.75, 3.05) is 7.11 Å². The molecule has 4 nitrogen and oxygen atoms in total. The van der Waals surface area contributed by atoms with Crippen LogP contribution in [0.25, 0.3) is 0 Å². The van der Waals surface area contributed by atoms with Gasteiger partial charge in [0.1, 0.15) is 5.84 Å². The number of ether oxygens (including phenoxy) is 1. The van der Waals surface area contributed by atoms with Gasteiger partial charge in [0.2, 0.25) is 0 Å². The fraction of sp³-hybridized carbons (Fsp3) is 0.583. The van der Waals surface area contributed by atoms with Crippen LogP contribution in [0.3, 0.4) is 0 Å². The highest BCUT2D eigenvalue weighted by Crippen LogP contribution is 2.61. The summed E-state index contributed by atoms with van der Waals surface area (Å²) in [6.07, 6.45) is 5.54. The van der Waals surface area contributed by atoms with E-state index in [2.05, 4.69) is 50.8 Å². The molecule has 0 saturated heterocycles. The molecule has 1 aromatic carbocycles. The Bertz CT molecular complexity index is 897. The standard InChI is InChI=1S/C24H31N3O/c1-16-21(25)27-24(26-16)20-14-17(8-11-22(2,3)4)6-7-18(20)15-23(24)12-9-19(28-5)10-13-23/h6-7,14,19H,9-10,12-13,15H2,1-5H3,(H2,25,27)/t19-,23-,24-/m0/s1. The third kappa shape index (κ3) is 2.97. The van der Waals surface area contributed by atoms with Crippen molar-refractivity contribution in [2.24, 2.45) is 26.5 Å². The summed E-state index contributed by atoms with van der Waals surface area (Å²) < 4.78 is 5.63. The predicted octanol–water partition coefficient (Wildman–Crippen LogP) is 4.20. The van der Waals surface area contributed by atoms with Gasteiger partial charge in [-0.2, -0.15) is 0 Å². The van der Waals surface area contributed by atoms with Crippen molar-refractivity contribution in [3.05, 3.63) is 34.9 Å². The molecule has 0 amide bonds. The lowest BCUT2D eigenvalue weighted by atomic mass is 9.65. The second kappa shape index (κ2) is 6.46. The minimum atomic E-state index is -0.589. The van der Waals surface area contributed by atoms with Crippen molar-refractivity contribution in [3.63, 3.8) is 0 Å². The van der Waals surface area contributed by atoms with Crippen LogP contribution >= 0.6 is 0 Å². The highest BCUT2D eigenvalue weighted by Gasteiger charge is 2.60. The highest BCUT2D eigenvalue weighted by atomic mass is 16.5. The van der Waals surface area contributed by atoms with Crippen LogP contribution in [0.2, 0.25) is 0 Å². The molecule has 2 spiro atoms. The van der Waals surface area contributed by atoms with Gasteiger partial charge in [-0.3, -0.25) is 4.99 Å². The number of rotatable bonds is 1. The van der Waals surface area contributed by atoms with Gasteiger partial charge >= 0.3 is 0 Å². The molecule has 2 N–H and O–H groups in total. The molecular weight excluding hydrogens is 346 g/mol. The molecule has 4 heteroatoms. The van der Waals surface area contributed by atoms with E-state index in [0.717, 1.165) is 43.4 Å². The number of methoxy groups -OCH3 is 1. The number of hydrogen-bond acceptors (Lipinski definition) is 4. The number of hydrogen-bond donors (Lipinski definition) is 1. The summed E-state index contributed by atoms with van der Waals surface area (Å²) in [5.41, 5.74) is 10.1. The number of fused-ring (bicyclic) bond motifs is 3. The molecule has 1 aromatic rings. The molecule has 1 heterocycles. The Morgan fingerprint density at radius 1 is 1.18 bits per heavy atom. The van der Waals surface area contributed by atoms with Gasteiger partial charge in [-0.1, -0.05) is 17.9 Å². The molecule has 1 fully saturated rings. The molecule has 28 heavy (non-hydrogen) atoms. The first-order valence-corrected chi connectivity index (χ1v) is 10.3. The molecule has 1 saturated carbocycles. The van der Waals surface area contributed by atoms with E-state index in [9.17, 15) is 0 Å². The lowest BCUT2D eigenvalue weighted by molar-refractivity contribution is -0.000378. The summed E-state index contributed by atoms with van der Waals surface area (Å²) in [6.45, 7) is 8.37. The van der Waals surface area contributed by atoms with Crippen LogP contribution in [0.4, 0.5) is 0 Å². The van der Waals surface area contributed by atoms with E-state index < -0.39 is 5.66 Å². The maximum atomic E-state index is 6.25. The Labute approximate surface area is 168 Å². The summed E-state index contributed by atoms with van der Waals surface area (Å²) in [4.78, 5) is 10.1. The SMILES string of the molecule is CO[C@H]1CC[C@]2(CC1)Cc1ccc(C#CC(C)(C)C)cc1[C@@]21N=C(C)C(N)=N1. The predicted molar refractivity (Wildman–Crippen MR) is 115 cm³/mol. The molecule has 1 aliphatic heterocycles. The average molecular weight is 378 g/mol. The normalized spacial score (nSPS) is 31.4. The van der Waals surface area contributed by atoms with Crippen LogP contribution in [0.1, 0.15) is 70.1 Å². The van der Waals surface area contributed by atoms with E-state index in [1.54, 1.807) is 0 Å². The first-order chi connectivity index (χ1) is 13.2. The molecule has 0 aromatic heterocycles. The molecule has 4 rings (SSSR count). The van der Waals surface area contributed by atoms with Gasteiger partial charge < -0.3 is 10.5 Å². The second-order valence-electron chi connectivity index (χ2n) is 9.63. The summed E-state index contributed by atoms with van der Waals surface area (Å²) in [5.74, 6) is 7.28. The molecule has 0 unspecified atom stereocenters. The van der Waals surface area contributed by atoms with E-state index in [1.165, 1.54) is 11.1 Å². The number of benzene rings is 1.